The van der Waals surface area contributed by atoms with Crippen molar-refractivity contribution in [2.24, 2.45) is 11.3 Å². The van der Waals surface area contributed by atoms with E-state index in [1.807, 2.05) is 45.0 Å². The Morgan fingerprint density at radius 3 is 2.52 bits per heavy atom. The summed E-state index contributed by atoms with van der Waals surface area (Å²) < 4.78 is 5.79. The molecule has 1 aromatic carbocycles. The smallest absolute Gasteiger partial charge is 0.325 e. The molecule has 10 heteroatoms. The number of carbonyl (C=O) groups excluding carboxylic acids is 4. The lowest BCUT2D eigenvalue weighted by atomic mass is 9.90. The van der Waals surface area contributed by atoms with Gasteiger partial charge in [0.15, 0.2) is 0 Å². The molecule has 10 nitrogen and oxygen atoms in total. The number of pyridine rings is 1. The van der Waals surface area contributed by atoms with E-state index >= 15 is 0 Å². The predicted octanol–water partition coefficient (Wildman–Crippen LogP) is 3.03. The van der Waals surface area contributed by atoms with Crippen LogP contribution in [-0.4, -0.2) is 58.4 Å². The number of fused-ring (bicyclic) bond motifs is 4. The monoisotopic (exact) mass is 549 g/mol. The molecule has 0 radical (unpaired) electrons. The van der Waals surface area contributed by atoms with Crippen molar-refractivity contribution < 1.29 is 23.9 Å². The standard InChI is InChI=1S/C30H39N5O5/c1-17(2)25-26(36)32-18(3)27(37)35-13-7-8-24(34-35)28(38)40-19(4)20-9-10-21-16-31-23(15-22(21)14-20)11-12-30(5,6)29(39)33-25/h9-12,14-19,24-25,34H,7-8,13H2,1-6H3,(H,32,36)(H,33,39). The van der Waals surface area contributed by atoms with Gasteiger partial charge in [-0.25, -0.2) is 5.43 Å². The third kappa shape index (κ3) is 6.50. The SMILES string of the molecule is CC1NC(=O)C(C(C)C)NC(=O)C(C)(C)C=Cc2cc3cc(ccc3cn2)C(C)OC(=O)C2CCCN(N2)C1=O. The minimum atomic E-state index is -0.943. The molecular weight excluding hydrogens is 510 g/mol. The summed E-state index contributed by atoms with van der Waals surface area (Å²) in [4.78, 5) is 57.2. The molecule has 2 aliphatic heterocycles. The average Bonchev–Trinajstić information content (AvgIpc) is 2.92. The number of benzene rings is 1. The molecule has 40 heavy (non-hydrogen) atoms. The van der Waals surface area contributed by atoms with E-state index in [0.29, 0.717) is 25.1 Å². The van der Waals surface area contributed by atoms with Crippen molar-refractivity contribution in [2.75, 3.05) is 6.54 Å². The van der Waals surface area contributed by atoms with Crippen molar-refractivity contribution >= 4 is 40.5 Å². The van der Waals surface area contributed by atoms with Crippen LogP contribution in [0.4, 0.5) is 0 Å². The molecule has 3 heterocycles. The van der Waals surface area contributed by atoms with E-state index in [9.17, 15) is 19.2 Å². The lowest BCUT2D eigenvalue weighted by Crippen LogP contribution is -2.61. The molecule has 1 fully saturated rings. The summed E-state index contributed by atoms with van der Waals surface area (Å²) in [6.45, 7) is 11.0. The van der Waals surface area contributed by atoms with Gasteiger partial charge in [0.05, 0.1) is 11.1 Å². The second-order valence-electron chi connectivity index (χ2n) is 11.6. The maximum absolute atomic E-state index is 13.3. The van der Waals surface area contributed by atoms with Crippen LogP contribution in [0.3, 0.4) is 0 Å². The molecule has 4 unspecified atom stereocenters. The summed E-state index contributed by atoms with van der Waals surface area (Å²) >= 11 is 0. The van der Waals surface area contributed by atoms with Crippen molar-refractivity contribution in [1.29, 1.82) is 0 Å². The van der Waals surface area contributed by atoms with E-state index in [1.165, 1.54) is 5.01 Å². The lowest BCUT2D eigenvalue weighted by molar-refractivity contribution is -0.157. The van der Waals surface area contributed by atoms with Crippen LogP contribution < -0.4 is 16.1 Å². The third-order valence-electron chi connectivity index (χ3n) is 7.49. The molecule has 2 aliphatic rings. The zero-order valence-corrected chi connectivity index (χ0v) is 24.0. The Bertz CT molecular complexity index is 1340. The minimum absolute atomic E-state index is 0.224. The average molecular weight is 550 g/mol. The van der Waals surface area contributed by atoms with Gasteiger partial charge in [-0.15, -0.1) is 0 Å². The highest BCUT2D eigenvalue weighted by Gasteiger charge is 2.35. The molecule has 2 aromatic rings. The maximum atomic E-state index is 13.3. The Morgan fingerprint density at radius 2 is 1.80 bits per heavy atom. The number of aromatic nitrogens is 1. The van der Waals surface area contributed by atoms with Gasteiger partial charge in [-0.3, -0.25) is 29.2 Å². The number of hydrazine groups is 1. The Balaban J connectivity index is 1.70. The molecule has 3 amide bonds. The van der Waals surface area contributed by atoms with Gasteiger partial charge in [0.2, 0.25) is 11.8 Å². The van der Waals surface area contributed by atoms with Crippen molar-refractivity contribution in [2.45, 2.75) is 78.6 Å². The molecule has 1 saturated heterocycles. The topological polar surface area (TPSA) is 130 Å². The van der Waals surface area contributed by atoms with E-state index in [2.05, 4.69) is 21.0 Å². The van der Waals surface area contributed by atoms with Crippen molar-refractivity contribution in [3.05, 3.63) is 47.8 Å². The van der Waals surface area contributed by atoms with Gasteiger partial charge in [0.25, 0.3) is 5.91 Å². The van der Waals surface area contributed by atoms with Gasteiger partial charge in [-0.1, -0.05) is 32.1 Å². The molecule has 4 atom stereocenters. The number of hydrogen-bond donors (Lipinski definition) is 3. The fraction of sp³-hybridized carbons (Fsp3) is 0.500. The quantitative estimate of drug-likeness (QED) is 0.466. The summed E-state index contributed by atoms with van der Waals surface area (Å²) in [5.41, 5.74) is 3.53. The normalized spacial score (nSPS) is 26.4. The van der Waals surface area contributed by atoms with Crippen LogP contribution >= 0.6 is 0 Å². The van der Waals surface area contributed by atoms with E-state index < -0.39 is 41.5 Å². The molecule has 0 saturated carbocycles. The van der Waals surface area contributed by atoms with Gasteiger partial charge < -0.3 is 15.4 Å². The van der Waals surface area contributed by atoms with Crippen LogP contribution in [0.1, 0.15) is 71.7 Å². The highest BCUT2D eigenvalue weighted by atomic mass is 16.5. The van der Waals surface area contributed by atoms with E-state index in [-0.39, 0.29) is 17.7 Å². The molecule has 0 aliphatic carbocycles. The van der Waals surface area contributed by atoms with E-state index in [0.717, 1.165) is 16.3 Å². The van der Waals surface area contributed by atoms with Crippen LogP contribution in [0, 0.1) is 11.3 Å². The Morgan fingerprint density at radius 1 is 1.05 bits per heavy atom. The molecule has 0 spiro atoms. The molecule has 1 aromatic heterocycles. The van der Waals surface area contributed by atoms with Crippen LogP contribution in [0.5, 0.6) is 0 Å². The number of amides is 3. The van der Waals surface area contributed by atoms with Crippen molar-refractivity contribution in [3.8, 4) is 0 Å². The van der Waals surface area contributed by atoms with Crippen LogP contribution in [-0.2, 0) is 23.9 Å². The summed E-state index contributed by atoms with van der Waals surface area (Å²) in [5, 5.41) is 8.82. The first-order valence-electron chi connectivity index (χ1n) is 13.8. The first-order chi connectivity index (χ1) is 18.9. The van der Waals surface area contributed by atoms with Crippen LogP contribution in [0.2, 0.25) is 0 Å². The Hall–Kier alpha value is -3.79. The summed E-state index contributed by atoms with van der Waals surface area (Å²) in [7, 11) is 0. The fourth-order valence-corrected chi connectivity index (χ4v) is 4.79. The number of nitrogens with zero attached hydrogens (tertiary/aromatic N) is 2. The summed E-state index contributed by atoms with van der Waals surface area (Å²) in [6.07, 6.45) is 5.91. The van der Waals surface area contributed by atoms with Gasteiger partial charge >= 0.3 is 5.97 Å². The van der Waals surface area contributed by atoms with E-state index in [4.69, 9.17) is 4.74 Å². The molecule has 214 valence electrons. The zero-order chi connectivity index (χ0) is 29.2. The third-order valence-corrected chi connectivity index (χ3v) is 7.49. The molecule has 3 N–H and O–H groups in total. The predicted molar refractivity (Wildman–Crippen MR) is 151 cm³/mol. The number of esters is 1. The van der Waals surface area contributed by atoms with Crippen molar-refractivity contribution in [3.63, 3.8) is 0 Å². The lowest BCUT2D eigenvalue weighted by Gasteiger charge is -2.35. The van der Waals surface area contributed by atoms with Crippen molar-refractivity contribution in [1.82, 2.24) is 26.1 Å². The van der Waals surface area contributed by atoms with Crippen LogP contribution in [0.25, 0.3) is 16.8 Å². The largest absolute Gasteiger partial charge is 0.457 e. The second-order valence-corrected chi connectivity index (χ2v) is 11.6. The highest BCUT2D eigenvalue weighted by Crippen LogP contribution is 2.26. The molecule has 4 rings (SSSR count). The number of hydrogen-bond acceptors (Lipinski definition) is 7. The number of cyclic esters (lactones) is 1. The summed E-state index contributed by atoms with van der Waals surface area (Å²) in [6, 6.07) is 5.29. The Labute approximate surface area is 234 Å². The molecular formula is C30H39N5O5. The first-order valence-corrected chi connectivity index (χ1v) is 13.8. The fourth-order valence-electron chi connectivity index (χ4n) is 4.79. The van der Waals surface area contributed by atoms with Gasteiger partial charge in [0.1, 0.15) is 24.2 Å². The highest BCUT2D eigenvalue weighted by molar-refractivity contribution is 5.94. The Kier molecular flexibility index (Phi) is 8.58. The number of carbonyl (C=O) groups is 4. The van der Waals surface area contributed by atoms with Gasteiger partial charge in [-0.05, 0) is 75.6 Å². The number of ether oxygens (including phenoxy) is 1. The number of rotatable bonds is 1. The van der Waals surface area contributed by atoms with Crippen LogP contribution in [0.15, 0.2) is 36.5 Å². The molecule has 5 bridgehead atoms. The van der Waals surface area contributed by atoms with Gasteiger partial charge in [0, 0.05) is 18.1 Å². The van der Waals surface area contributed by atoms with E-state index in [1.54, 1.807) is 39.1 Å². The number of nitrogens with one attached hydrogen (secondary N) is 3. The summed E-state index contributed by atoms with van der Waals surface area (Å²) in [5.74, 6) is -1.83. The van der Waals surface area contributed by atoms with Gasteiger partial charge in [-0.2, -0.15) is 0 Å². The maximum Gasteiger partial charge on any atom is 0.325 e. The minimum Gasteiger partial charge on any atom is -0.457 e. The zero-order valence-electron chi connectivity index (χ0n) is 24.0. The second kappa shape index (κ2) is 11.8. The first kappa shape index (κ1) is 29.2.